The van der Waals surface area contributed by atoms with Crippen molar-refractivity contribution in [1.82, 2.24) is 10.3 Å². The smallest absolute Gasteiger partial charge is 0.401 e. The topological polar surface area (TPSA) is 86.5 Å². The molecule has 3 rings (SSSR count). The summed E-state index contributed by atoms with van der Waals surface area (Å²) >= 11 is 5.91. The third-order valence-corrected chi connectivity index (χ3v) is 6.51. The van der Waals surface area contributed by atoms with Crippen molar-refractivity contribution in [3.63, 3.8) is 0 Å². The van der Waals surface area contributed by atoms with Gasteiger partial charge in [-0.05, 0) is 74.9 Å². The molecule has 0 radical (unpaired) electrons. The summed E-state index contributed by atoms with van der Waals surface area (Å²) in [6.07, 6.45) is -4.82. The summed E-state index contributed by atoms with van der Waals surface area (Å²) in [5.41, 5.74) is 3.10. The highest BCUT2D eigenvalue weighted by Gasteiger charge is 2.54. The molecule has 2 aromatic carbocycles. The number of pyridine rings is 1. The monoisotopic (exact) mass is 553 g/mol. The van der Waals surface area contributed by atoms with Gasteiger partial charge in [-0.2, -0.15) is 13.2 Å². The third kappa shape index (κ3) is 6.02. The van der Waals surface area contributed by atoms with E-state index in [-0.39, 0.29) is 27.7 Å². The molecule has 3 N–H and O–H groups in total. The molecule has 0 aliphatic heterocycles. The number of nitrogens with one attached hydrogen (secondary N) is 1. The van der Waals surface area contributed by atoms with Crippen LogP contribution in [0.15, 0.2) is 48.5 Å². The summed E-state index contributed by atoms with van der Waals surface area (Å²) < 4.78 is 67.9. The van der Waals surface area contributed by atoms with Crippen LogP contribution in [0.3, 0.4) is 0 Å². The maximum absolute atomic E-state index is 14.6. The standard InChI is InChI=1S/C27H28ClF4N3O3/c1-25(2,33)17-12-20(15-6-8-19(29)18(28)10-15)35-23(13-17)26(3,27(30,31)32)14-34-24(36)16-7-9-21(37-4)22(11-16)38-5/h6-13H,14,33H2,1-5H3,(H,34,36). The summed E-state index contributed by atoms with van der Waals surface area (Å²) in [5.74, 6) is -0.810. The Hall–Kier alpha value is -3.37. The number of amides is 1. The molecule has 1 amide bonds. The molecule has 1 atom stereocenters. The van der Waals surface area contributed by atoms with Crippen molar-refractivity contribution in [3.8, 4) is 22.8 Å². The lowest BCUT2D eigenvalue weighted by atomic mass is 9.82. The second kappa shape index (κ2) is 10.8. The minimum absolute atomic E-state index is 0.0821. The highest BCUT2D eigenvalue weighted by atomic mass is 35.5. The summed E-state index contributed by atoms with van der Waals surface area (Å²) in [6.45, 7) is 3.39. The minimum atomic E-state index is -4.82. The van der Waals surface area contributed by atoms with Crippen LogP contribution in [0, 0.1) is 5.82 Å². The molecular weight excluding hydrogens is 526 g/mol. The van der Waals surface area contributed by atoms with E-state index >= 15 is 0 Å². The number of nitrogens with zero attached hydrogens (tertiary/aromatic N) is 1. The Bertz CT molecular complexity index is 1340. The van der Waals surface area contributed by atoms with Gasteiger partial charge in [-0.3, -0.25) is 9.78 Å². The van der Waals surface area contributed by atoms with Crippen LogP contribution in [0.25, 0.3) is 11.3 Å². The van der Waals surface area contributed by atoms with Gasteiger partial charge in [0.2, 0.25) is 0 Å². The molecule has 0 saturated carbocycles. The molecule has 1 aromatic heterocycles. The normalized spacial score (nSPS) is 13.6. The van der Waals surface area contributed by atoms with Gasteiger partial charge in [0.25, 0.3) is 5.91 Å². The first-order valence-electron chi connectivity index (χ1n) is 11.4. The fourth-order valence-corrected chi connectivity index (χ4v) is 3.84. The first kappa shape index (κ1) is 29.2. The lowest BCUT2D eigenvalue weighted by Gasteiger charge is -2.33. The van der Waals surface area contributed by atoms with E-state index in [1.54, 1.807) is 13.8 Å². The predicted octanol–water partition coefficient (Wildman–Crippen LogP) is 6.00. The van der Waals surface area contributed by atoms with E-state index in [1.165, 1.54) is 56.7 Å². The molecule has 3 aromatic rings. The number of rotatable bonds is 8. The van der Waals surface area contributed by atoms with Crippen LogP contribution in [-0.2, 0) is 11.0 Å². The zero-order valence-corrected chi connectivity index (χ0v) is 22.2. The largest absolute Gasteiger partial charge is 0.493 e. The van der Waals surface area contributed by atoms with Crippen LogP contribution >= 0.6 is 11.6 Å². The number of ether oxygens (including phenoxy) is 2. The van der Waals surface area contributed by atoms with E-state index in [1.807, 2.05) is 0 Å². The second-order valence-electron chi connectivity index (χ2n) is 9.56. The van der Waals surface area contributed by atoms with Gasteiger partial charge in [0.1, 0.15) is 11.2 Å². The SMILES string of the molecule is COc1ccc(C(=O)NCC(C)(c2cc(C(C)(C)N)cc(-c3ccc(F)c(Cl)c3)n2)C(F)(F)F)cc1OC. The molecule has 1 unspecified atom stereocenters. The van der Waals surface area contributed by atoms with Crippen LogP contribution in [-0.4, -0.2) is 37.8 Å². The highest BCUT2D eigenvalue weighted by molar-refractivity contribution is 6.31. The van der Waals surface area contributed by atoms with Gasteiger partial charge < -0.3 is 20.5 Å². The van der Waals surface area contributed by atoms with E-state index < -0.39 is 35.4 Å². The Morgan fingerprint density at radius 1 is 1.00 bits per heavy atom. The van der Waals surface area contributed by atoms with Crippen molar-refractivity contribution in [2.24, 2.45) is 5.73 Å². The Kier molecular flexibility index (Phi) is 8.28. The van der Waals surface area contributed by atoms with E-state index in [4.69, 9.17) is 26.8 Å². The van der Waals surface area contributed by atoms with Gasteiger partial charge in [-0.25, -0.2) is 4.39 Å². The lowest BCUT2D eigenvalue weighted by molar-refractivity contribution is -0.184. The molecule has 11 heteroatoms. The molecule has 38 heavy (non-hydrogen) atoms. The zero-order valence-electron chi connectivity index (χ0n) is 21.5. The average molecular weight is 554 g/mol. The van der Waals surface area contributed by atoms with Crippen molar-refractivity contribution in [3.05, 3.63) is 76.2 Å². The van der Waals surface area contributed by atoms with Crippen LogP contribution in [0.2, 0.25) is 5.02 Å². The van der Waals surface area contributed by atoms with Gasteiger partial charge in [-0.1, -0.05) is 11.6 Å². The number of methoxy groups -OCH3 is 2. The number of carbonyl (C=O) groups is 1. The van der Waals surface area contributed by atoms with Crippen LogP contribution < -0.4 is 20.5 Å². The van der Waals surface area contributed by atoms with Crippen molar-refractivity contribution >= 4 is 17.5 Å². The maximum atomic E-state index is 14.6. The number of benzene rings is 2. The third-order valence-electron chi connectivity index (χ3n) is 6.22. The molecule has 0 saturated heterocycles. The van der Waals surface area contributed by atoms with Gasteiger partial charge in [0, 0.05) is 23.2 Å². The Labute approximate surface area is 223 Å². The van der Waals surface area contributed by atoms with Gasteiger partial charge >= 0.3 is 6.18 Å². The molecule has 0 aliphatic carbocycles. The Morgan fingerprint density at radius 2 is 1.66 bits per heavy atom. The predicted molar refractivity (Wildman–Crippen MR) is 137 cm³/mol. The first-order valence-corrected chi connectivity index (χ1v) is 11.8. The van der Waals surface area contributed by atoms with Crippen molar-refractivity contribution < 1.29 is 31.8 Å². The van der Waals surface area contributed by atoms with E-state index in [0.29, 0.717) is 16.9 Å². The molecular formula is C27H28ClF4N3O3. The summed E-state index contributed by atoms with van der Waals surface area (Å²) in [7, 11) is 2.80. The van der Waals surface area contributed by atoms with E-state index in [2.05, 4.69) is 10.3 Å². The summed E-state index contributed by atoms with van der Waals surface area (Å²) in [5, 5.41) is 2.17. The summed E-state index contributed by atoms with van der Waals surface area (Å²) in [6, 6.07) is 10.8. The number of alkyl halides is 3. The first-order chi connectivity index (χ1) is 17.6. The molecule has 204 valence electrons. The molecule has 0 bridgehead atoms. The van der Waals surface area contributed by atoms with Crippen LogP contribution in [0.4, 0.5) is 17.6 Å². The average Bonchev–Trinajstić information content (AvgIpc) is 2.86. The maximum Gasteiger partial charge on any atom is 0.401 e. The van der Waals surface area contributed by atoms with E-state index in [9.17, 15) is 22.4 Å². The van der Waals surface area contributed by atoms with Gasteiger partial charge in [0.15, 0.2) is 11.5 Å². The number of carbonyl (C=O) groups excluding carboxylic acids is 1. The van der Waals surface area contributed by atoms with Gasteiger partial charge in [-0.15, -0.1) is 0 Å². The molecule has 0 fully saturated rings. The quantitative estimate of drug-likeness (QED) is 0.334. The zero-order chi connectivity index (χ0) is 28.5. The van der Waals surface area contributed by atoms with Gasteiger partial charge in [0.05, 0.1) is 30.6 Å². The minimum Gasteiger partial charge on any atom is -0.493 e. The van der Waals surface area contributed by atoms with Crippen molar-refractivity contribution in [2.45, 2.75) is 37.9 Å². The molecule has 0 spiro atoms. The van der Waals surface area contributed by atoms with Crippen LogP contribution in [0.1, 0.15) is 42.4 Å². The highest BCUT2D eigenvalue weighted by Crippen LogP contribution is 2.42. The van der Waals surface area contributed by atoms with E-state index in [0.717, 1.165) is 13.0 Å². The number of hydrogen-bond acceptors (Lipinski definition) is 5. The Morgan fingerprint density at radius 3 is 2.21 bits per heavy atom. The molecule has 0 aliphatic rings. The number of aromatic nitrogens is 1. The second-order valence-corrected chi connectivity index (χ2v) is 9.97. The van der Waals surface area contributed by atoms with Crippen LogP contribution in [0.5, 0.6) is 11.5 Å². The number of halogens is 5. The lowest BCUT2D eigenvalue weighted by Crippen LogP contribution is -2.49. The van der Waals surface area contributed by atoms with Crippen molar-refractivity contribution in [1.29, 1.82) is 0 Å². The fraction of sp³-hybridized carbons (Fsp3) is 0.333. The fourth-order valence-electron chi connectivity index (χ4n) is 3.66. The molecule has 6 nitrogen and oxygen atoms in total. The summed E-state index contributed by atoms with van der Waals surface area (Å²) in [4.78, 5) is 17.1. The van der Waals surface area contributed by atoms with Crippen molar-refractivity contribution in [2.75, 3.05) is 20.8 Å². The number of hydrogen-bond donors (Lipinski definition) is 2. The Balaban J connectivity index is 2.07. The molecule has 1 heterocycles. The number of nitrogens with two attached hydrogens (primary N) is 1.